The maximum Gasteiger partial charge on any atom is 0.0928 e. The number of nitrogens with zero attached hydrogens (tertiary/aromatic N) is 3. The topological polar surface area (TPSA) is 37.6 Å². The van der Waals surface area contributed by atoms with Gasteiger partial charge in [-0.2, -0.15) is 0 Å². The molecule has 0 radical (unpaired) electrons. The average molecular weight is 420 g/mol. The predicted octanol–water partition coefficient (Wildman–Crippen LogP) is 7.75. The molecule has 0 N–H and O–H groups in total. The highest BCUT2D eigenvalue weighted by Crippen LogP contribution is 2.27. The van der Waals surface area contributed by atoms with Gasteiger partial charge < -0.3 is 0 Å². The summed E-state index contributed by atoms with van der Waals surface area (Å²) in [6, 6.07) is 23.0. The first-order chi connectivity index (χ1) is 15.3. The molecule has 0 fully saturated rings. The average Bonchev–Trinajstić information content (AvgIpc) is 2.78. The lowest BCUT2D eigenvalue weighted by atomic mass is 10.0. The van der Waals surface area contributed by atoms with Crippen molar-refractivity contribution in [1.82, 2.24) is 4.98 Å². The molecule has 1 heterocycles. The molecule has 1 aromatic heterocycles. The zero-order chi connectivity index (χ0) is 22.8. The van der Waals surface area contributed by atoms with Gasteiger partial charge in [0.1, 0.15) is 0 Å². The third-order valence-corrected chi connectivity index (χ3v) is 5.89. The van der Waals surface area contributed by atoms with Gasteiger partial charge in [0.2, 0.25) is 0 Å². The molecule has 0 aliphatic heterocycles. The van der Waals surface area contributed by atoms with Crippen LogP contribution in [-0.4, -0.2) is 16.4 Å². The number of aromatic nitrogens is 1. The number of hydrogen-bond acceptors (Lipinski definition) is 3. The van der Waals surface area contributed by atoms with Crippen LogP contribution in [0.2, 0.25) is 0 Å². The van der Waals surface area contributed by atoms with Gasteiger partial charge in [-0.1, -0.05) is 60.7 Å². The standard InChI is InChI=1S/C29H29N3/c1-18-11-9-12-19(2)27(18)30-22(5)26-17-24-15-7-8-16-25(24)29(32-26)23(6)31-28-20(3)13-10-14-21(28)4/h7-17H,1-6H3. The molecule has 0 spiro atoms. The first-order valence-corrected chi connectivity index (χ1v) is 11.0. The molecule has 3 heteroatoms. The minimum absolute atomic E-state index is 0.873. The molecular formula is C29H29N3. The number of fused-ring (bicyclic) bond motifs is 1. The van der Waals surface area contributed by atoms with Crippen LogP contribution in [0.5, 0.6) is 0 Å². The van der Waals surface area contributed by atoms with Gasteiger partial charge in [-0.05, 0) is 75.2 Å². The maximum absolute atomic E-state index is 5.05. The molecule has 0 unspecified atom stereocenters. The van der Waals surface area contributed by atoms with Crippen molar-refractivity contribution in [3.05, 3.63) is 100 Å². The normalized spacial score (nSPS) is 12.4. The van der Waals surface area contributed by atoms with E-state index in [-0.39, 0.29) is 0 Å². The maximum atomic E-state index is 5.05. The summed E-state index contributed by atoms with van der Waals surface area (Å²) in [6.45, 7) is 12.5. The van der Waals surface area contributed by atoms with Crippen molar-refractivity contribution in [1.29, 1.82) is 0 Å². The fourth-order valence-electron chi connectivity index (χ4n) is 4.07. The second-order valence-corrected chi connectivity index (χ2v) is 8.45. The van der Waals surface area contributed by atoms with Gasteiger partial charge in [0.05, 0.1) is 34.2 Å². The molecule has 4 rings (SSSR count). The minimum Gasteiger partial charge on any atom is -0.251 e. The van der Waals surface area contributed by atoms with Crippen LogP contribution in [0.25, 0.3) is 10.8 Å². The molecule has 0 aliphatic carbocycles. The number of pyridine rings is 1. The van der Waals surface area contributed by atoms with Crippen LogP contribution >= 0.6 is 0 Å². The summed E-state index contributed by atoms with van der Waals surface area (Å²) >= 11 is 0. The number of rotatable bonds is 4. The molecule has 0 saturated carbocycles. The lowest BCUT2D eigenvalue weighted by molar-refractivity contribution is 1.25. The Labute approximate surface area is 190 Å². The van der Waals surface area contributed by atoms with E-state index in [1.165, 1.54) is 0 Å². The van der Waals surface area contributed by atoms with Gasteiger partial charge in [0.15, 0.2) is 0 Å². The Kier molecular flexibility index (Phi) is 6.00. The van der Waals surface area contributed by atoms with Gasteiger partial charge >= 0.3 is 0 Å². The van der Waals surface area contributed by atoms with E-state index in [1.54, 1.807) is 0 Å². The predicted molar refractivity (Wildman–Crippen MR) is 137 cm³/mol. The van der Waals surface area contributed by atoms with Crippen molar-refractivity contribution in [3.8, 4) is 0 Å². The molecule has 0 bridgehead atoms. The van der Waals surface area contributed by atoms with Crippen LogP contribution in [0.3, 0.4) is 0 Å². The number of hydrogen-bond donors (Lipinski definition) is 0. The summed E-state index contributed by atoms with van der Waals surface area (Å²) in [4.78, 5) is 15.0. The van der Waals surface area contributed by atoms with E-state index in [1.807, 2.05) is 13.8 Å². The number of para-hydroxylation sites is 2. The Morgan fingerprint density at radius 3 is 1.69 bits per heavy atom. The lowest BCUT2D eigenvalue weighted by Gasteiger charge is -2.12. The Bertz CT molecular complexity index is 1340. The van der Waals surface area contributed by atoms with Crippen molar-refractivity contribution in [2.75, 3.05) is 0 Å². The molecule has 0 aliphatic rings. The van der Waals surface area contributed by atoms with Gasteiger partial charge in [-0.25, -0.2) is 4.98 Å². The highest BCUT2D eigenvalue weighted by atomic mass is 14.8. The Balaban J connectivity index is 1.89. The fraction of sp³-hybridized carbons (Fsp3) is 0.207. The first-order valence-electron chi connectivity index (χ1n) is 11.0. The number of aliphatic imine (C=N–C) groups is 2. The van der Waals surface area contributed by atoms with E-state index in [9.17, 15) is 0 Å². The lowest BCUT2D eigenvalue weighted by Crippen LogP contribution is -2.07. The van der Waals surface area contributed by atoms with Crippen LogP contribution in [0.1, 0.15) is 47.5 Å². The zero-order valence-corrected chi connectivity index (χ0v) is 19.7. The van der Waals surface area contributed by atoms with Crippen LogP contribution in [0.4, 0.5) is 11.4 Å². The fourth-order valence-corrected chi connectivity index (χ4v) is 4.07. The van der Waals surface area contributed by atoms with Crippen LogP contribution in [-0.2, 0) is 0 Å². The van der Waals surface area contributed by atoms with Crippen LogP contribution in [0.15, 0.2) is 76.7 Å². The van der Waals surface area contributed by atoms with Crippen molar-refractivity contribution >= 4 is 33.6 Å². The number of benzene rings is 3. The van der Waals surface area contributed by atoms with Crippen LogP contribution < -0.4 is 0 Å². The molecular weight excluding hydrogens is 390 g/mol. The third-order valence-electron chi connectivity index (χ3n) is 5.89. The molecule has 32 heavy (non-hydrogen) atoms. The SMILES string of the molecule is CC(=Nc1c(C)cccc1C)c1cc2ccccc2c(C(C)=Nc2c(C)cccc2C)n1. The summed E-state index contributed by atoms with van der Waals surface area (Å²) in [5.41, 5.74) is 10.3. The summed E-state index contributed by atoms with van der Waals surface area (Å²) in [5.74, 6) is 0. The second kappa shape index (κ2) is 8.88. The van der Waals surface area contributed by atoms with Gasteiger partial charge in [-0.3, -0.25) is 9.98 Å². The Morgan fingerprint density at radius 1 is 0.625 bits per heavy atom. The third kappa shape index (κ3) is 4.24. The molecule has 0 amide bonds. The van der Waals surface area contributed by atoms with Gasteiger partial charge in [0, 0.05) is 5.39 Å². The minimum atomic E-state index is 0.873. The van der Waals surface area contributed by atoms with Gasteiger partial charge in [-0.15, -0.1) is 0 Å². The molecule has 0 atom stereocenters. The van der Waals surface area contributed by atoms with E-state index in [0.717, 1.165) is 67.2 Å². The molecule has 160 valence electrons. The summed E-state index contributed by atoms with van der Waals surface area (Å²) in [7, 11) is 0. The van der Waals surface area contributed by atoms with Crippen molar-refractivity contribution in [3.63, 3.8) is 0 Å². The highest BCUT2D eigenvalue weighted by molar-refractivity contribution is 6.11. The van der Waals surface area contributed by atoms with Crippen LogP contribution in [0, 0.1) is 27.7 Å². The summed E-state index contributed by atoms with van der Waals surface area (Å²) in [6.07, 6.45) is 0. The van der Waals surface area contributed by atoms with E-state index < -0.39 is 0 Å². The largest absolute Gasteiger partial charge is 0.251 e. The van der Waals surface area contributed by atoms with Crippen molar-refractivity contribution < 1.29 is 0 Å². The van der Waals surface area contributed by atoms with E-state index >= 15 is 0 Å². The first kappa shape index (κ1) is 21.6. The quantitative estimate of drug-likeness (QED) is 0.312. The Morgan fingerprint density at radius 2 is 1.12 bits per heavy atom. The second-order valence-electron chi connectivity index (χ2n) is 8.45. The van der Waals surface area contributed by atoms with E-state index in [0.29, 0.717) is 0 Å². The van der Waals surface area contributed by atoms with E-state index in [2.05, 4.69) is 94.4 Å². The zero-order valence-electron chi connectivity index (χ0n) is 19.7. The Hall–Kier alpha value is -3.59. The molecule has 0 saturated heterocycles. The molecule has 4 aromatic rings. The van der Waals surface area contributed by atoms with E-state index in [4.69, 9.17) is 15.0 Å². The summed E-state index contributed by atoms with van der Waals surface area (Å²) in [5, 5.41) is 2.24. The smallest absolute Gasteiger partial charge is 0.0928 e. The van der Waals surface area contributed by atoms with Crippen molar-refractivity contribution in [2.24, 2.45) is 9.98 Å². The van der Waals surface area contributed by atoms with Crippen molar-refractivity contribution in [2.45, 2.75) is 41.5 Å². The highest BCUT2D eigenvalue weighted by Gasteiger charge is 2.12. The molecule has 3 nitrogen and oxygen atoms in total. The monoisotopic (exact) mass is 419 g/mol. The molecule has 3 aromatic carbocycles. The number of aryl methyl sites for hydroxylation is 4. The summed E-state index contributed by atoms with van der Waals surface area (Å²) < 4.78 is 0. The van der Waals surface area contributed by atoms with Gasteiger partial charge in [0.25, 0.3) is 0 Å².